The minimum absolute atomic E-state index is 0.147. The van der Waals surface area contributed by atoms with Crippen LogP contribution in [0, 0.1) is 6.92 Å². The van der Waals surface area contributed by atoms with E-state index in [-0.39, 0.29) is 11.9 Å². The summed E-state index contributed by atoms with van der Waals surface area (Å²) in [5.74, 6) is -0.198. The number of aromatic nitrogens is 2. The van der Waals surface area contributed by atoms with Gasteiger partial charge in [-0.05, 0) is 37.3 Å². The van der Waals surface area contributed by atoms with Gasteiger partial charge in [0.1, 0.15) is 0 Å². The molecule has 0 fully saturated rings. The smallest absolute Gasteiger partial charge is 0.274 e. The van der Waals surface area contributed by atoms with Crippen LogP contribution in [0.25, 0.3) is 0 Å². The van der Waals surface area contributed by atoms with E-state index in [1.807, 2.05) is 6.07 Å². The minimum atomic E-state index is -0.198. The molecule has 104 valence electrons. The second kappa shape index (κ2) is 5.00. The fraction of sp³-hybridized carbons (Fsp3) is 0.333. The quantitative estimate of drug-likeness (QED) is 0.774. The van der Waals surface area contributed by atoms with Crippen molar-refractivity contribution in [3.05, 3.63) is 46.8 Å². The zero-order chi connectivity index (χ0) is 14.1. The Morgan fingerprint density at radius 3 is 2.85 bits per heavy atom. The first-order valence-corrected chi connectivity index (χ1v) is 6.83. The van der Waals surface area contributed by atoms with Crippen molar-refractivity contribution in [1.29, 1.82) is 0 Å². The summed E-state index contributed by atoms with van der Waals surface area (Å²) < 4.78 is 0. The number of benzene rings is 1. The highest BCUT2D eigenvalue weighted by molar-refractivity contribution is 5.97. The van der Waals surface area contributed by atoms with E-state index in [2.05, 4.69) is 33.7 Å². The highest BCUT2D eigenvalue weighted by Crippen LogP contribution is 2.21. The van der Waals surface area contributed by atoms with Crippen LogP contribution in [0.5, 0.6) is 0 Å². The van der Waals surface area contributed by atoms with Gasteiger partial charge in [-0.25, -0.2) is 0 Å². The molecule has 5 nitrogen and oxygen atoms in total. The van der Waals surface area contributed by atoms with Gasteiger partial charge in [-0.3, -0.25) is 9.89 Å². The summed E-state index contributed by atoms with van der Waals surface area (Å²) in [6.45, 7) is 1.80. The SMILES string of the molecule is Cc1[nH]nc(C(=O)NC2CCc3ccccc3C2)c1N. The molecule has 1 heterocycles. The number of amides is 1. The lowest BCUT2D eigenvalue weighted by molar-refractivity contribution is 0.0929. The van der Waals surface area contributed by atoms with Gasteiger partial charge in [-0.15, -0.1) is 0 Å². The number of aryl methyl sites for hydroxylation is 2. The van der Waals surface area contributed by atoms with Crippen molar-refractivity contribution in [3.63, 3.8) is 0 Å². The lowest BCUT2D eigenvalue weighted by Crippen LogP contribution is -2.39. The fourth-order valence-electron chi connectivity index (χ4n) is 2.69. The number of carbonyl (C=O) groups excluding carboxylic acids is 1. The highest BCUT2D eigenvalue weighted by atomic mass is 16.2. The predicted molar refractivity (Wildman–Crippen MR) is 77.5 cm³/mol. The van der Waals surface area contributed by atoms with Crippen molar-refractivity contribution in [3.8, 4) is 0 Å². The van der Waals surface area contributed by atoms with Crippen LogP contribution in [0.3, 0.4) is 0 Å². The third-order valence-corrected chi connectivity index (χ3v) is 3.89. The van der Waals surface area contributed by atoms with E-state index in [1.165, 1.54) is 11.1 Å². The average molecular weight is 270 g/mol. The van der Waals surface area contributed by atoms with Crippen LogP contribution in [-0.2, 0) is 12.8 Å². The van der Waals surface area contributed by atoms with Gasteiger partial charge >= 0.3 is 0 Å². The van der Waals surface area contributed by atoms with Crippen molar-refractivity contribution in [2.75, 3.05) is 5.73 Å². The van der Waals surface area contributed by atoms with Gasteiger partial charge in [0.2, 0.25) is 0 Å². The number of nitrogens with one attached hydrogen (secondary N) is 2. The van der Waals surface area contributed by atoms with Crippen molar-refractivity contribution in [2.24, 2.45) is 0 Å². The van der Waals surface area contributed by atoms with E-state index >= 15 is 0 Å². The molecule has 1 amide bonds. The fourth-order valence-corrected chi connectivity index (χ4v) is 2.69. The summed E-state index contributed by atoms with van der Waals surface area (Å²) in [5, 5.41) is 9.73. The number of fused-ring (bicyclic) bond motifs is 1. The molecule has 0 spiro atoms. The monoisotopic (exact) mass is 270 g/mol. The Morgan fingerprint density at radius 2 is 2.15 bits per heavy atom. The molecule has 4 N–H and O–H groups in total. The maximum atomic E-state index is 12.2. The van der Waals surface area contributed by atoms with Crippen molar-refractivity contribution < 1.29 is 4.79 Å². The van der Waals surface area contributed by atoms with E-state index in [9.17, 15) is 4.79 Å². The molecule has 5 heteroatoms. The number of anilines is 1. The van der Waals surface area contributed by atoms with Crippen molar-refractivity contribution >= 4 is 11.6 Å². The summed E-state index contributed by atoms with van der Waals surface area (Å²) in [5.41, 5.74) is 9.98. The zero-order valence-corrected chi connectivity index (χ0v) is 11.4. The Labute approximate surface area is 117 Å². The molecule has 20 heavy (non-hydrogen) atoms. The molecular weight excluding hydrogens is 252 g/mol. The summed E-state index contributed by atoms with van der Waals surface area (Å²) >= 11 is 0. The molecule has 0 radical (unpaired) electrons. The molecule has 1 aliphatic carbocycles. The van der Waals surface area contributed by atoms with Gasteiger partial charge in [0, 0.05) is 6.04 Å². The average Bonchev–Trinajstić information content (AvgIpc) is 2.79. The van der Waals surface area contributed by atoms with Gasteiger partial charge in [-0.1, -0.05) is 24.3 Å². The molecule has 0 aliphatic heterocycles. The van der Waals surface area contributed by atoms with Crippen LogP contribution in [-0.4, -0.2) is 22.1 Å². The summed E-state index contributed by atoms with van der Waals surface area (Å²) in [6.07, 6.45) is 2.81. The number of carbonyl (C=O) groups is 1. The first-order valence-electron chi connectivity index (χ1n) is 6.83. The molecule has 1 aromatic heterocycles. The highest BCUT2D eigenvalue weighted by Gasteiger charge is 2.22. The number of rotatable bonds is 2. The molecule has 0 saturated heterocycles. The van der Waals surface area contributed by atoms with Gasteiger partial charge in [-0.2, -0.15) is 5.10 Å². The Kier molecular flexibility index (Phi) is 3.18. The number of nitrogens with two attached hydrogens (primary N) is 1. The topological polar surface area (TPSA) is 83.8 Å². The minimum Gasteiger partial charge on any atom is -0.395 e. The van der Waals surface area contributed by atoms with Crippen molar-refractivity contribution in [1.82, 2.24) is 15.5 Å². The molecule has 1 atom stereocenters. The first-order chi connectivity index (χ1) is 9.65. The lowest BCUT2D eigenvalue weighted by atomic mass is 9.88. The molecule has 1 aliphatic rings. The third-order valence-electron chi connectivity index (χ3n) is 3.89. The van der Waals surface area contributed by atoms with Crippen LogP contribution in [0.2, 0.25) is 0 Å². The summed E-state index contributed by atoms with van der Waals surface area (Å²) in [6, 6.07) is 8.53. The van der Waals surface area contributed by atoms with Crippen LogP contribution < -0.4 is 11.1 Å². The Bertz CT molecular complexity index is 647. The molecule has 0 bridgehead atoms. The van der Waals surface area contributed by atoms with Crippen LogP contribution in [0.1, 0.15) is 33.7 Å². The van der Waals surface area contributed by atoms with E-state index in [1.54, 1.807) is 6.92 Å². The number of hydrogen-bond donors (Lipinski definition) is 3. The maximum Gasteiger partial charge on any atom is 0.274 e. The molecule has 3 rings (SSSR count). The number of aromatic amines is 1. The second-order valence-electron chi connectivity index (χ2n) is 5.29. The predicted octanol–water partition coefficient (Wildman–Crippen LogP) is 1.59. The van der Waals surface area contributed by atoms with Crippen LogP contribution >= 0.6 is 0 Å². The Balaban J connectivity index is 1.71. The van der Waals surface area contributed by atoms with Crippen LogP contribution in [0.15, 0.2) is 24.3 Å². The lowest BCUT2D eigenvalue weighted by Gasteiger charge is -2.25. The van der Waals surface area contributed by atoms with Gasteiger partial charge in [0.15, 0.2) is 5.69 Å². The summed E-state index contributed by atoms with van der Waals surface area (Å²) in [4.78, 5) is 12.2. The van der Waals surface area contributed by atoms with E-state index in [4.69, 9.17) is 5.73 Å². The van der Waals surface area contributed by atoms with E-state index in [0.717, 1.165) is 25.0 Å². The number of H-pyrrole nitrogens is 1. The van der Waals surface area contributed by atoms with E-state index in [0.29, 0.717) is 11.4 Å². The number of nitrogen functional groups attached to an aromatic ring is 1. The number of hydrogen-bond acceptors (Lipinski definition) is 3. The van der Waals surface area contributed by atoms with Gasteiger partial charge in [0.25, 0.3) is 5.91 Å². The maximum absolute atomic E-state index is 12.2. The van der Waals surface area contributed by atoms with Gasteiger partial charge in [0.05, 0.1) is 11.4 Å². The Hall–Kier alpha value is -2.30. The molecule has 0 saturated carbocycles. The first kappa shape index (κ1) is 12.7. The molecule has 1 aromatic carbocycles. The van der Waals surface area contributed by atoms with E-state index < -0.39 is 0 Å². The molecule has 1 unspecified atom stereocenters. The molecular formula is C15H18N4O. The molecule has 2 aromatic rings. The zero-order valence-electron chi connectivity index (χ0n) is 11.4. The van der Waals surface area contributed by atoms with Crippen molar-refractivity contribution in [2.45, 2.75) is 32.2 Å². The summed E-state index contributed by atoms with van der Waals surface area (Å²) in [7, 11) is 0. The normalized spacial score (nSPS) is 17.6. The largest absolute Gasteiger partial charge is 0.395 e. The Morgan fingerprint density at radius 1 is 1.40 bits per heavy atom. The number of nitrogens with zero attached hydrogens (tertiary/aromatic N) is 1. The second-order valence-corrected chi connectivity index (χ2v) is 5.29. The third kappa shape index (κ3) is 2.27. The van der Waals surface area contributed by atoms with Gasteiger partial charge < -0.3 is 11.1 Å². The van der Waals surface area contributed by atoms with Crippen LogP contribution in [0.4, 0.5) is 5.69 Å². The standard InChI is InChI=1S/C15H18N4O/c1-9-13(16)14(19-18-9)15(20)17-12-7-6-10-4-2-3-5-11(10)8-12/h2-5,12H,6-8,16H2,1H3,(H,17,20)(H,18,19).